The smallest absolute Gasteiger partial charge is 0.270 e. The lowest BCUT2D eigenvalue weighted by Gasteiger charge is -2.09. The normalized spacial score (nSPS) is 10.8. The van der Waals surface area contributed by atoms with Crippen LogP contribution in [0.5, 0.6) is 5.75 Å². The maximum Gasteiger partial charge on any atom is 0.270 e. The van der Waals surface area contributed by atoms with Gasteiger partial charge in [0.15, 0.2) is 11.6 Å². The molecule has 7 nitrogen and oxygen atoms in total. The maximum atomic E-state index is 14.0. The van der Waals surface area contributed by atoms with Crippen molar-refractivity contribution in [1.82, 2.24) is 9.97 Å². The van der Waals surface area contributed by atoms with Crippen LogP contribution >= 0.6 is 0 Å². The molecule has 0 spiro atoms. The number of aromatic amines is 1. The van der Waals surface area contributed by atoms with Crippen molar-refractivity contribution in [2.75, 3.05) is 12.0 Å². The number of hydrogen-bond acceptors (Lipinski definition) is 6. The first-order chi connectivity index (χ1) is 16.0. The van der Waals surface area contributed by atoms with E-state index in [1.807, 2.05) is 6.07 Å². The number of halogens is 2. The molecule has 2 aromatic carbocycles. The number of ether oxygens (including phenoxy) is 1. The van der Waals surface area contributed by atoms with Crippen LogP contribution in [0, 0.1) is 23.0 Å². The lowest BCUT2D eigenvalue weighted by Crippen LogP contribution is -2.16. The third kappa shape index (κ3) is 6.23. The first-order valence-electron chi connectivity index (χ1n) is 10.5. The Bertz CT molecular complexity index is 1220. The highest BCUT2D eigenvalue weighted by atomic mass is 19.2. The van der Waals surface area contributed by atoms with Crippen molar-refractivity contribution >= 4 is 12.2 Å². The number of aromatic nitrogens is 2. The minimum atomic E-state index is -1.06. The van der Waals surface area contributed by atoms with Crippen molar-refractivity contribution in [3.8, 4) is 23.1 Å². The van der Waals surface area contributed by atoms with E-state index in [4.69, 9.17) is 4.74 Å². The quantitative estimate of drug-likeness (QED) is 0.257. The minimum absolute atomic E-state index is 0.0101. The van der Waals surface area contributed by atoms with Crippen molar-refractivity contribution in [3.63, 3.8) is 0 Å². The molecule has 9 heteroatoms. The first kappa shape index (κ1) is 23.6. The summed E-state index contributed by atoms with van der Waals surface area (Å²) in [4.78, 5) is 19.0. The molecule has 0 saturated carbocycles. The second-order valence-electron chi connectivity index (χ2n) is 7.21. The van der Waals surface area contributed by atoms with Crippen molar-refractivity contribution < 1.29 is 13.5 Å². The fraction of sp³-hybridized carbons (Fsp3) is 0.250. The van der Waals surface area contributed by atoms with E-state index in [9.17, 15) is 18.8 Å². The van der Waals surface area contributed by atoms with Gasteiger partial charge < -0.3 is 4.74 Å². The molecule has 0 saturated heterocycles. The second kappa shape index (κ2) is 11.5. The number of anilines is 1. The van der Waals surface area contributed by atoms with Gasteiger partial charge in [-0.15, -0.1) is 0 Å². The predicted molar refractivity (Wildman–Crippen MR) is 122 cm³/mol. The molecule has 0 amide bonds. The monoisotopic (exact) mass is 451 g/mol. The Kier molecular flexibility index (Phi) is 8.24. The zero-order valence-corrected chi connectivity index (χ0v) is 18.1. The van der Waals surface area contributed by atoms with Gasteiger partial charge in [0.05, 0.1) is 18.5 Å². The largest absolute Gasteiger partial charge is 0.490 e. The summed E-state index contributed by atoms with van der Waals surface area (Å²) in [5.74, 6) is -2.31. The zero-order chi connectivity index (χ0) is 23.6. The summed E-state index contributed by atoms with van der Waals surface area (Å²) in [7, 11) is 0. The molecule has 0 radical (unpaired) electrons. The topological polar surface area (TPSA) is 103 Å². The molecule has 0 unspecified atom stereocenters. The van der Waals surface area contributed by atoms with Gasteiger partial charge >= 0.3 is 0 Å². The molecule has 0 atom stereocenters. The maximum absolute atomic E-state index is 14.0. The molecule has 0 fully saturated rings. The van der Waals surface area contributed by atoms with Gasteiger partial charge in [-0.05, 0) is 18.6 Å². The van der Waals surface area contributed by atoms with Gasteiger partial charge in [-0.25, -0.2) is 14.8 Å². The Labute approximate surface area is 189 Å². The number of nitrogens with zero attached hydrogens (tertiary/aromatic N) is 3. The van der Waals surface area contributed by atoms with Gasteiger partial charge in [0, 0.05) is 11.1 Å². The second-order valence-corrected chi connectivity index (χ2v) is 7.21. The lowest BCUT2D eigenvalue weighted by atomic mass is 10.1. The van der Waals surface area contributed by atoms with Gasteiger partial charge in [0.25, 0.3) is 5.56 Å². The molecule has 3 rings (SSSR count). The third-order valence-corrected chi connectivity index (χ3v) is 4.74. The Morgan fingerprint density at radius 1 is 1.21 bits per heavy atom. The van der Waals surface area contributed by atoms with Gasteiger partial charge in [-0.3, -0.25) is 9.78 Å². The van der Waals surface area contributed by atoms with Crippen LogP contribution in [0.3, 0.4) is 0 Å². The van der Waals surface area contributed by atoms with Crippen molar-refractivity contribution in [1.29, 1.82) is 5.26 Å². The molecule has 1 heterocycles. The summed E-state index contributed by atoms with van der Waals surface area (Å²) in [6, 6.07) is 12.9. The summed E-state index contributed by atoms with van der Waals surface area (Å²) in [5, 5.41) is 13.3. The highest BCUT2D eigenvalue weighted by Crippen LogP contribution is 2.22. The third-order valence-electron chi connectivity index (χ3n) is 4.74. The van der Waals surface area contributed by atoms with E-state index in [1.165, 1.54) is 12.3 Å². The van der Waals surface area contributed by atoms with Crippen LogP contribution < -0.4 is 15.7 Å². The van der Waals surface area contributed by atoms with Crippen LogP contribution in [-0.4, -0.2) is 22.8 Å². The molecule has 0 aliphatic carbocycles. The van der Waals surface area contributed by atoms with Crippen molar-refractivity contribution in [2.24, 2.45) is 5.10 Å². The van der Waals surface area contributed by atoms with E-state index < -0.39 is 17.2 Å². The Morgan fingerprint density at radius 3 is 2.73 bits per heavy atom. The summed E-state index contributed by atoms with van der Waals surface area (Å²) >= 11 is 0. The molecule has 0 aliphatic heterocycles. The van der Waals surface area contributed by atoms with Gasteiger partial charge in [0.1, 0.15) is 11.6 Å². The average molecular weight is 451 g/mol. The number of hydrogen-bond donors (Lipinski definition) is 2. The van der Waals surface area contributed by atoms with E-state index in [0.717, 1.165) is 31.7 Å². The number of nitrogens with one attached hydrogen (secondary N) is 2. The number of benzene rings is 2. The number of unbranched alkanes of at least 4 members (excludes halogenated alkanes) is 3. The highest BCUT2D eigenvalue weighted by molar-refractivity contribution is 5.81. The van der Waals surface area contributed by atoms with Crippen molar-refractivity contribution in [3.05, 3.63) is 75.6 Å². The van der Waals surface area contributed by atoms with E-state index in [2.05, 4.69) is 27.4 Å². The van der Waals surface area contributed by atoms with Gasteiger partial charge in [0.2, 0.25) is 11.8 Å². The Morgan fingerprint density at radius 2 is 2.00 bits per heavy atom. The first-order valence-corrected chi connectivity index (χ1v) is 10.5. The minimum Gasteiger partial charge on any atom is -0.490 e. The van der Waals surface area contributed by atoms with E-state index in [1.54, 1.807) is 30.3 Å². The number of H-pyrrole nitrogens is 1. The van der Waals surface area contributed by atoms with Crippen molar-refractivity contribution in [2.45, 2.75) is 32.6 Å². The zero-order valence-electron chi connectivity index (χ0n) is 18.1. The summed E-state index contributed by atoms with van der Waals surface area (Å²) in [5.41, 5.74) is 2.84. The Hall–Kier alpha value is -4.06. The summed E-state index contributed by atoms with van der Waals surface area (Å²) in [6.45, 7) is 2.37. The van der Waals surface area contributed by atoms with Crippen LogP contribution in [0.1, 0.15) is 43.7 Å². The molecule has 170 valence electrons. The van der Waals surface area contributed by atoms with Crippen LogP contribution in [0.25, 0.3) is 11.3 Å². The van der Waals surface area contributed by atoms with E-state index in [0.29, 0.717) is 5.56 Å². The molecule has 1 aromatic heterocycles. The molecule has 3 aromatic rings. The van der Waals surface area contributed by atoms with Crippen LogP contribution in [-0.2, 0) is 0 Å². The van der Waals surface area contributed by atoms with Crippen LogP contribution in [0.15, 0.2) is 52.4 Å². The molecule has 2 N–H and O–H groups in total. The van der Waals surface area contributed by atoms with Crippen LogP contribution in [0.4, 0.5) is 14.7 Å². The van der Waals surface area contributed by atoms with Crippen LogP contribution in [0.2, 0.25) is 0 Å². The van der Waals surface area contributed by atoms with E-state index in [-0.39, 0.29) is 35.1 Å². The predicted octanol–water partition coefficient (Wildman–Crippen LogP) is 4.99. The van der Waals surface area contributed by atoms with Gasteiger partial charge in [-0.1, -0.05) is 56.5 Å². The van der Waals surface area contributed by atoms with E-state index >= 15 is 0 Å². The molecule has 33 heavy (non-hydrogen) atoms. The molecular weight excluding hydrogens is 428 g/mol. The fourth-order valence-electron chi connectivity index (χ4n) is 3.08. The standard InChI is InChI=1S/C24H23F2N5O2/c1-2-3-4-8-11-33-20-13-16(12-19(25)21(20)26)15-28-31-24-29-22(17-9-6-5-7-10-17)18(14-27)23(32)30-24/h5-7,9-10,12-13,15H,2-4,8,11H2,1H3,(H2,29,30,31,32). The molecule has 0 aliphatic rings. The summed E-state index contributed by atoms with van der Waals surface area (Å²) in [6.07, 6.45) is 5.06. The summed E-state index contributed by atoms with van der Waals surface area (Å²) < 4.78 is 33.4. The molecular formula is C24H23F2N5O2. The van der Waals surface area contributed by atoms with Gasteiger partial charge in [-0.2, -0.15) is 14.8 Å². The average Bonchev–Trinajstić information content (AvgIpc) is 2.82. The SMILES string of the molecule is CCCCCCOc1cc(C=NNc2nc(-c3ccccc3)c(C#N)c(=O)[nH]2)cc(F)c1F. The number of nitriles is 1. The fourth-order valence-corrected chi connectivity index (χ4v) is 3.08. The number of hydrazone groups is 1. The highest BCUT2D eigenvalue weighted by Gasteiger charge is 2.14. The lowest BCUT2D eigenvalue weighted by molar-refractivity contribution is 0.285. The number of rotatable bonds is 10. The molecule has 0 bridgehead atoms. The Balaban J connectivity index is 1.77.